The van der Waals surface area contributed by atoms with Crippen LogP contribution in [0.5, 0.6) is 0 Å². The van der Waals surface area contributed by atoms with E-state index in [0.29, 0.717) is 22.5 Å². The summed E-state index contributed by atoms with van der Waals surface area (Å²) >= 11 is 0. The maximum atomic E-state index is 12.9. The second kappa shape index (κ2) is 10.0. The number of amides is 2. The van der Waals surface area contributed by atoms with Crippen LogP contribution in [0.2, 0.25) is 0 Å². The standard InChI is InChI=1S/C20H26N4O6/c21-13-5-1-11(2-6-13)9-24(10-12-3-7-14(22)8-4-12)20(30)18(28)16(26)15(25)17(27)19(23)29/h1-8,15-18,25-28H,9-10,21-22H2,(H2,23,29)/t15-,16-,17-,18+/m0/s1. The van der Waals surface area contributed by atoms with E-state index in [0.717, 1.165) is 0 Å². The number of nitrogens with two attached hydrogens (primary N) is 3. The quantitative estimate of drug-likeness (QED) is 0.234. The second-order valence-electron chi connectivity index (χ2n) is 6.95. The molecule has 0 radical (unpaired) electrons. The number of hydrogen-bond acceptors (Lipinski definition) is 8. The molecule has 0 aliphatic heterocycles. The van der Waals surface area contributed by atoms with Gasteiger partial charge in [0.25, 0.3) is 5.91 Å². The third-order valence-electron chi connectivity index (χ3n) is 4.56. The predicted octanol–water partition coefficient (Wildman–Crippen LogP) is -1.69. The summed E-state index contributed by atoms with van der Waals surface area (Å²) in [6.07, 6.45) is -8.54. The zero-order chi connectivity index (χ0) is 22.4. The number of carbonyl (C=O) groups is 2. The normalized spacial score (nSPS) is 15.1. The van der Waals surface area contributed by atoms with Crippen molar-refractivity contribution in [3.8, 4) is 0 Å². The van der Waals surface area contributed by atoms with Crippen molar-refractivity contribution < 1.29 is 30.0 Å². The summed E-state index contributed by atoms with van der Waals surface area (Å²) in [6, 6.07) is 13.4. The summed E-state index contributed by atoms with van der Waals surface area (Å²) in [5.41, 5.74) is 18.7. The van der Waals surface area contributed by atoms with Gasteiger partial charge in [-0.1, -0.05) is 24.3 Å². The van der Waals surface area contributed by atoms with Gasteiger partial charge in [-0.15, -0.1) is 0 Å². The lowest BCUT2D eigenvalue weighted by Crippen LogP contribution is -2.54. The highest BCUT2D eigenvalue weighted by molar-refractivity contribution is 5.82. The Kier molecular flexibility index (Phi) is 7.72. The van der Waals surface area contributed by atoms with Crippen molar-refractivity contribution in [1.82, 2.24) is 4.90 Å². The molecule has 0 saturated carbocycles. The Balaban J connectivity index is 2.24. The molecule has 2 amide bonds. The minimum Gasteiger partial charge on any atom is -0.399 e. The van der Waals surface area contributed by atoms with E-state index in [1.54, 1.807) is 48.5 Å². The molecule has 0 bridgehead atoms. The molecule has 2 aromatic rings. The van der Waals surface area contributed by atoms with Gasteiger partial charge in [-0.05, 0) is 35.4 Å². The lowest BCUT2D eigenvalue weighted by atomic mass is 10.0. The number of benzene rings is 2. The lowest BCUT2D eigenvalue weighted by Gasteiger charge is -2.30. The molecule has 2 rings (SSSR count). The van der Waals surface area contributed by atoms with E-state index in [2.05, 4.69) is 0 Å². The maximum absolute atomic E-state index is 12.9. The number of anilines is 2. The zero-order valence-corrected chi connectivity index (χ0v) is 16.1. The summed E-state index contributed by atoms with van der Waals surface area (Å²) in [7, 11) is 0. The fraction of sp³-hybridized carbons (Fsp3) is 0.300. The zero-order valence-electron chi connectivity index (χ0n) is 16.1. The van der Waals surface area contributed by atoms with Crippen LogP contribution in [-0.2, 0) is 22.7 Å². The van der Waals surface area contributed by atoms with E-state index in [1.165, 1.54) is 4.90 Å². The highest BCUT2D eigenvalue weighted by Crippen LogP contribution is 2.16. The highest BCUT2D eigenvalue weighted by Gasteiger charge is 2.38. The summed E-state index contributed by atoms with van der Waals surface area (Å²) in [5.74, 6) is -2.23. The highest BCUT2D eigenvalue weighted by atomic mass is 16.4. The molecule has 0 spiro atoms. The van der Waals surface area contributed by atoms with Gasteiger partial charge >= 0.3 is 0 Å². The van der Waals surface area contributed by atoms with Gasteiger partial charge in [0.05, 0.1) is 0 Å². The number of aliphatic hydroxyl groups is 4. The molecule has 0 heterocycles. The fourth-order valence-electron chi connectivity index (χ4n) is 2.77. The van der Waals surface area contributed by atoms with Crippen LogP contribution in [0.4, 0.5) is 11.4 Å². The molecule has 0 aliphatic rings. The largest absolute Gasteiger partial charge is 0.399 e. The number of nitrogen functional groups attached to an aromatic ring is 2. The smallest absolute Gasteiger partial charge is 0.254 e. The van der Waals surface area contributed by atoms with Crippen molar-refractivity contribution in [3.05, 3.63) is 59.7 Å². The van der Waals surface area contributed by atoms with Gasteiger partial charge < -0.3 is 42.5 Å². The number of primary amides is 1. The van der Waals surface area contributed by atoms with Crippen molar-refractivity contribution in [1.29, 1.82) is 0 Å². The Morgan fingerprint density at radius 2 is 1.10 bits per heavy atom. The Bertz CT molecular complexity index is 811. The van der Waals surface area contributed by atoms with Crippen molar-refractivity contribution in [2.24, 2.45) is 5.73 Å². The van der Waals surface area contributed by atoms with E-state index in [9.17, 15) is 30.0 Å². The number of aliphatic hydroxyl groups excluding tert-OH is 4. The van der Waals surface area contributed by atoms with Crippen molar-refractivity contribution in [2.45, 2.75) is 37.5 Å². The van der Waals surface area contributed by atoms with Gasteiger partial charge in [0.15, 0.2) is 12.2 Å². The molecule has 10 nitrogen and oxygen atoms in total. The first-order chi connectivity index (χ1) is 14.1. The van der Waals surface area contributed by atoms with E-state index < -0.39 is 36.2 Å². The van der Waals surface area contributed by atoms with Crippen molar-refractivity contribution in [2.75, 3.05) is 11.5 Å². The Labute approximate surface area is 173 Å². The number of rotatable bonds is 9. The molecular weight excluding hydrogens is 392 g/mol. The van der Waals surface area contributed by atoms with Gasteiger partial charge in [0.2, 0.25) is 5.91 Å². The third kappa shape index (κ3) is 5.91. The van der Waals surface area contributed by atoms with Crippen LogP contribution in [0.3, 0.4) is 0 Å². The molecule has 0 aliphatic carbocycles. The van der Waals surface area contributed by atoms with Gasteiger partial charge in [-0.2, -0.15) is 0 Å². The van der Waals surface area contributed by atoms with E-state index >= 15 is 0 Å². The van der Waals surface area contributed by atoms with Crippen LogP contribution in [-0.4, -0.2) is 61.6 Å². The first-order valence-electron chi connectivity index (χ1n) is 9.09. The molecule has 30 heavy (non-hydrogen) atoms. The molecule has 0 unspecified atom stereocenters. The van der Waals surface area contributed by atoms with Gasteiger partial charge in [0.1, 0.15) is 12.2 Å². The minimum atomic E-state index is -2.15. The third-order valence-corrected chi connectivity index (χ3v) is 4.56. The summed E-state index contributed by atoms with van der Waals surface area (Å²) in [5, 5.41) is 39.7. The molecule has 2 aromatic carbocycles. The van der Waals surface area contributed by atoms with Crippen LogP contribution in [0.15, 0.2) is 48.5 Å². The first kappa shape index (κ1) is 23.1. The average Bonchev–Trinajstić information content (AvgIpc) is 2.73. The molecule has 0 fully saturated rings. The van der Waals surface area contributed by atoms with Crippen LogP contribution < -0.4 is 17.2 Å². The minimum absolute atomic E-state index is 0.0573. The van der Waals surface area contributed by atoms with Crippen molar-refractivity contribution in [3.63, 3.8) is 0 Å². The maximum Gasteiger partial charge on any atom is 0.254 e. The van der Waals surface area contributed by atoms with Gasteiger partial charge in [-0.3, -0.25) is 9.59 Å². The van der Waals surface area contributed by atoms with Crippen molar-refractivity contribution >= 4 is 23.2 Å². The molecule has 10 heteroatoms. The van der Waals surface area contributed by atoms with Crippen LogP contribution in [0.25, 0.3) is 0 Å². The monoisotopic (exact) mass is 418 g/mol. The molecule has 162 valence electrons. The van der Waals surface area contributed by atoms with Crippen LogP contribution in [0.1, 0.15) is 11.1 Å². The first-order valence-corrected chi connectivity index (χ1v) is 9.09. The Morgan fingerprint density at radius 3 is 1.47 bits per heavy atom. The SMILES string of the molecule is NC(=O)[C@@H](O)[C@@H](O)[C@H](O)[C@@H](O)C(=O)N(Cc1ccc(N)cc1)Cc1ccc(N)cc1. The Hall–Kier alpha value is -3.18. The van der Waals surface area contributed by atoms with Crippen LogP contribution >= 0.6 is 0 Å². The molecular formula is C20H26N4O6. The summed E-state index contributed by atoms with van der Waals surface area (Å²) in [6.45, 7) is 0.115. The Morgan fingerprint density at radius 1 is 0.733 bits per heavy atom. The number of hydrogen-bond donors (Lipinski definition) is 7. The average molecular weight is 418 g/mol. The number of nitrogens with zero attached hydrogens (tertiary/aromatic N) is 1. The number of carbonyl (C=O) groups excluding carboxylic acids is 2. The van der Waals surface area contributed by atoms with E-state index in [-0.39, 0.29) is 13.1 Å². The van der Waals surface area contributed by atoms with Gasteiger partial charge in [0, 0.05) is 24.5 Å². The second-order valence-corrected chi connectivity index (χ2v) is 6.95. The fourth-order valence-corrected chi connectivity index (χ4v) is 2.77. The lowest BCUT2D eigenvalue weighted by molar-refractivity contribution is -0.161. The van der Waals surface area contributed by atoms with Crippen LogP contribution in [0, 0.1) is 0 Å². The van der Waals surface area contributed by atoms with E-state index in [1.807, 2.05) is 0 Å². The predicted molar refractivity (Wildman–Crippen MR) is 109 cm³/mol. The molecule has 0 saturated heterocycles. The van der Waals surface area contributed by atoms with E-state index in [4.69, 9.17) is 17.2 Å². The summed E-state index contributed by atoms with van der Waals surface area (Å²) in [4.78, 5) is 25.1. The summed E-state index contributed by atoms with van der Waals surface area (Å²) < 4.78 is 0. The topological polar surface area (TPSA) is 196 Å². The molecule has 10 N–H and O–H groups in total. The molecule has 4 atom stereocenters. The molecule has 0 aromatic heterocycles. The van der Waals surface area contributed by atoms with Gasteiger partial charge in [-0.25, -0.2) is 0 Å².